The van der Waals surface area contributed by atoms with Crippen molar-refractivity contribution in [2.24, 2.45) is 5.41 Å². The van der Waals surface area contributed by atoms with Crippen molar-refractivity contribution in [2.45, 2.75) is 38.4 Å². The molecular weight excluding hydrogens is 182 g/mol. The third-order valence-corrected chi connectivity index (χ3v) is 3.53. The first-order chi connectivity index (χ1) is 6.59. The lowest BCUT2D eigenvalue weighted by Gasteiger charge is -2.21. The highest BCUT2D eigenvalue weighted by atomic mass is 16.3. The van der Waals surface area contributed by atoms with Gasteiger partial charge in [-0.3, -0.25) is 4.79 Å². The van der Waals surface area contributed by atoms with Gasteiger partial charge in [0.2, 0.25) is 5.91 Å². The number of carbonyl (C=O) groups excluding carboxylic acids is 1. The van der Waals surface area contributed by atoms with Gasteiger partial charge in [-0.15, -0.1) is 0 Å². The van der Waals surface area contributed by atoms with E-state index in [1.165, 1.54) is 0 Å². The zero-order valence-electron chi connectivity index (χ0n) is 8.44. The first-order valence-electron chi connectivity index (χ1n) is 5.24. The molecule has 1 aliphatic carbocycles. The highest BCUT2D eigenvalue weighted by Crippen LogP contribution is 2.50. The number of carbonyl (C=O) groups is 1. The SMILES string of the molecule is CCC1(C(=O)N2CC(O)C(O)C2)CC1. The lowest BCUT2D eigenvalue weighted by atomic mass is 10.0. The van der Waals surface area contributed by atoms with Crippen LogP contribution in [-0.4, -0.2) is 46.3 Å². The van der Waals surface area contributed by atoms with Crippen LogP contribution in [-0.2, 0) is 4.79 Å². The predicted molar refractivity (Wildman–Crippen MR) is 50.6 cm³/mol. The number of hydrogen-bond donors (Lipinski definition) is 2. The molecule has 0 radical (unpaired) electrons. The normalized spacial score (nSPS) is 34.6. The molecule has 2 unspecified atom stereocenters. The molecule has 0 aromatic rings. The van der Waals surface area contributed by atoms with Crippen LogP contribution in [0.5, 0.6) is 0 Å². The van der Waals surface area contributed by atoms with Gasteiger partial charge in [0.1, 0.15) is 0 Å². The monoisotopic (exact) mass is 199 g/mol. The molecular formula is C10H17NO3. The van der Waals surface area contributed by atoms with E-state index in [0.29, 0.717) is 13.1 Å². The minimum atomic E-state index is -0.758. The zero-order chi connectivity index (χ0) is 10.3. The Kier molecular flexibility index (Phi) is 2.27. The summed E-state index contributed by atoms with van der Waals surface area (Å²) in [6.45, 7) is 2.61. The molecule has 1 saturated carbocycles. The van der Waals surface area contributed by atoms with Crippen LogP contribution in [0, 0.1) is 5.41 Å². The highest BCUT2D eigenvalue weighted by molar-refractivity contribution is 5.85. The van der Waals surface area contributed by atoms with Gasteiger partial charge in [0, 0.05) is 18.5 Å². The third kappa shape index (κ3) is 1.42. The Morgan fingerprint density at radius 1 is 1.36 bits per heavy atom. The summed E-state index contributed by atoms with van der Waals surface area (Å²) in [6.07, 6.45) is 1.28. The van der Waals surface area contributed by atoms with Crippen molar-refractivity contribution in [2.75, 3.05) is 13.1 Å². The summed E-state index contributed by atoms with van der Waals surface area (Å²) in [6, 6.07) is 0. The van der Waals surface area contributed by atoms with Crippen molar-refractivity contribution >= 4 is 5.91 Å². The van der Waals surface area contributed by atoms with Crippen LogP contribution in [0.25, 0.3) is 0 Å². The Balaban J connectivity index is 2.00. The van der Waals surface area contributed by atoms with Gasteiger partial charge in [-0.1, -0.05) is 6.92 Å². The zero-order valence-corrected chi connectivity index (χ0v) is 8.44. The fourth-order valence-electron chi connectivity index (χ4n) is 2.14. The number of aliphatic hydroxyl groups excluding tert-OH is 2. The molecule has 2 aliphatic rings. The van der Waals surface area contributed by atoms with Gasteiger partial charge in [0.05, 0.1) is 12.2 Å². The van der Waals surface area contributed by atoms with Crippen molar-refractivity contribution in [1.82, 2.24) is 4.90 Å². The molecule has 2 atom stereocenters. The third-order valence-electron chi connectivity index (χ3n) is 3.53. The second-order valence-corrected chi connectivity index (χ2v) is 4.48. The van der Waals surface area contributed by atoms with Crippen LogP contribution in [0.3, 0.4) is 0 Å². The number of hydrogen-bond acceptors (Lipinski definition) is 3. The number of nitrogens with zero attached hydrogens (tertiary/aromatic N) is 1. The molecule has 0 aromatic heterocycles. The largest absolute Gasteiger partial charge is 0.388 e. The topological polar surface area (TPSA) is 60.8 Å². The van der Waals surface area contributed by atoms with E-state index in [-0.39, 0.29) is 11.3 Å². The number of amides is 1. The van der Waals surface area contributed by atoms with Gasteiger partial charge in [0.15, 0.2) is 0 Å². The first-order valence-corrected chi connectivity index (χ1v) is 5.24. The molecule has 2 rings (SSSR count). The molecule has 2 N–H and O–H groups in total. The molecule has 1 aliphatic heterocycles. The molecule has 1 amide bonds. The van der Waals surface area contributed by atoms with E-state index in [9.17, 15) is 15.0 Å². The molecule has 0 spiro atoms. The molecule has 1 saturated heterocycles. The van der Waals surface area contributed by atoms with Crippen molar-refractivity contribution in [3.63, 3.8) is 0 Å². The molecule has 2 fully saturated rings. The fraction of sp³-hybridized carbons (Fsp3) is 0.900. The Labute approximate surface area is 83.5 Å². The van der Waals surface area contributed by atoms with Crippen LogP contribution < -0.4 is 0 Å². The molecule has 4 nitrogen and oxygen atoms in total. The van der Waals surface area contributed by atoms with E-state index in [4.69, 9.17) is 0 Å². The molecule has 14 heavy (non-hydrogen) atoms. The van der Waals surface area contributed by atoms with Gasteiger partial charge in [0.25, 0.3) is 0 Å². The quantitative estimate of drug-likeness (QED) is 0.644. The smallest absolute Gasteiger partial charge is 0.228 e. The van der Waals surface area contributed by atoms with Crippen LogP contribution in [0.15, 0.2) is 0 Å². The van der Waals surface area contributed by atoms with E-state index in [0.717, 1.165) is 19.3 Å². The average Bonchev–Trinajstić information content (AvgIpc) is 2.90. The molecule has 1 heterocycles. The van der Waals surface area contributed by atoms with Crippen LogP contribution >= 0.6 is 0 Å². The number of rotatable bonds is 2. The summed E-state index contributed by atoms with van der Waals surface area (Å²) in [5.41, 5.74) is -0.149. The summed E-state index contributed by atoms with van der Waals surface area (Å²) in [4.78, 5) is 13.6. The van der Waals surface area contributed by atoms with Gasteiger partial charge < -0.3 is 15.1 Å². The van der Waals surface area contributed by atoms with Crippen molar-refractivity contribution in [3.8, 4) is 0 Å². The summed E-state index contributed by atoms with van der Waals surface area (Å²) >= 11 is 0. The number of β-amino-alcohol motifs (C(OH)–C–C–N with tert-alkyl or cyclic N) is 2. The van der Waals surface area contributed by atoms with E-state index in [2.05, 4.69) is 0 Å². The maximum Gasteiger partial charge on any atom is 0.228 e. The van der Waals surface area contributed by atoms with E-state index in [1.54, 1.807) is 4.90 Å². The van der Waals surface area contributed by atoms with Gasteiger partial charge >= 0.3 is 0 Å². The maximum absolute atomic E-state index is 12.0. The molecule has 80 valence electrons. The number of aliphatic hydroxyl groups is 2. The predicted octanol–water partition coefficient (Wildman–Crippen LogP) is -0.259. The summed E-state index contributed by atoms with van der Waals surface area (Å²) in [7, 11) is 0. The maximum atomic E-state index is 12.0. The van der Waals surface area contributed by atoms with Crippen molar-refractivity contribution in [3.05, 3.63) is 0 Å². The molecule has 0 bridgehead atoms. The molecule has 0 aromatic carbocycles. The lowest BCUT2D eigenvalue weighted by Crippen LogP contribution is -2.36. The Morgan fingerprint density at radius 3 is 2.21 bits per heavy atom. The van der Waals surface area contributed by atoms with E-state index < -0.39 is 12.2 Å². The average molecular weight is 199 g/mol. The van der Waals surface area contributed by atoms with Crippen molar-refractivity contribution < 1.29 is 15.0 Å². The fourth-order valence-corrected chi connectivity index (χ4v) is 2.14. The van der Waals surface area contributed by atoms with Gasteiger partial charge in [-0.05, 0) is 19.3 Å². The minimum absolute atomic E-state index is 0.121. The Bertz CT molecular complexity index is 240. The second-order valence-electron chi connectivity index (χ2n) is 4.48. The first kappa shape index (κ1) is 9.93. The Morgan fingerprint density at radius 2 is 1.86 bits per heavy atom. The van der Waals surface area contributed by atoms with Crippen LogP contribution in [0.2, 0.25) is 0 Å². The van der Waals surface area contributed by atoms with Gasteiger partial charge in [-0.2, -0.15) is 0 Å². The second kappa shape index (κ2) is 3.21. The molecule has 4 heteroatoms. The van der Waals surface area contributed by atoms with Gasteiger partial charge in [-0.25, -0.2) is 0 Å². The Hall–Kier alpha value is -0.610. The van der Waals surface area contributed by atoms with E-state index >= 15 is 0 Å². The van der Waals surface area contributed by atoms with Crippen LogP contribution in [0.1, 0.15) is 26.2 Å². The van der Waals surface area contributed by atoms with Crippen LogP contribution in [0.4, 0.5) is 0 Å². The summed E-state index contributed by atoms with van der Waals surface area (Å²) in [5.74, 6) is 0.121. The lowest BCUT2D eigenvalue weighted by molar-refractivity contribution is -0.136. The highest BCUT2D eigenvalue weighted by Gasteiger charge is 2.51. The van der Waals surface area contributed by atoms with E-state index in [1.807, 2.05) is 6.92 Å². The summed E-state index contributed by atoms with van der Waals surface area (Å²) < 4.78 is 0. The standard InChI is InChI=1S/C10H17NO3/c1-2-10(3-4-10)9(14)11-5-7(12)8(13)6-11/h7-8,12-13H,2-6H2,1H3. The number of likely N-dealkylation sites (tertiary alicyclic amines) is 1. The minimum Gasteiger partial charge on any atom is -0.388 e. The van der Waals surface area contributed by atoms with Crippen molar-refractivity contribution in [1.29, 1.82) is 0 Å². The summed E-state index contributed by atoms with van der Waals surface area (Å²) in [5, 5.41) is 18.7.